The van der Waals surface area contributed by atoms with Gasteiger partial charge in [0, 0.05) is 39.8 Å². The molecule has 6 nitrogen and oxygen atoms in total. The van der Waals surface area contributed by atoms with Gasteiger partial charge in [-0.15, -0.1) is 24.0 Å². The zero-order valence-corrected chi connectivity index (χ0v) is 19.7. The van der Waals surface area contributed by atoms with Gasteiger partial charge in [0.25, 0.3) is 0 Å². The number of hydrogen-bond acceptors (Lipinski definition) is 4. The second-order valence-corrected chi connectivity index (χ2v) is 6.99. The summed E-state index contributed by atoms with van der Waals surface area (Å²) in [6, 6.07) is 13.9. The number of rotatable bonds is 5. The van der Waals surface area contributed by atoms with Crippen molar-refractivity contribution >= 4 is 35.6 Å². The van der Waals surface area contributed by atoms with E-state index in [9.17, 15) is 5.11 Å². The normalized spacial score (nSPS) is 14.4. The van der Waals surface area contributed by atoms with E-state index in [2.05, 4.69) is 45.2 Å². The summed E-state index contributed by atoms with van der Waals surface area (Å²) < 4.78 is 5.41. The number of methoxy groups -OCH3 is 1. The maximum absolute atomic E-state index is 10.1. The van der Waals surface area contributed by atoms with Crippen molar-refractivity contribution in [3.05, 3.63) is 53.6 Å². The molecule has 158 valence electrons. The minimum Gasteiger partial charge on any atom is -0.506 e. The molecule has 0 amide bonds. The molecule has 1 aliphatic rings. The Kier molecular flexibility index (Phi) is 8.88. The van der Waals surface area contributed by atoms with Gasteiger partial charge in [-0.25, -0.2) is 0 Å². The third kappa shape index (κ3) is 5.91. The summed E-state index contributed by atoms with van der Waals surface area (Å²) in [5.41, 5.74) is 3.30. The van der Waals surface area contributed by atoms with Gasteiger partial charge in [0.15, 0.2) is 5.96 Å². The quantitative estimate of drug-likeness (QED) is 0.368. The molecule has 0 saturated carbocycles. The first kappa shape index (κ1) is 23.1. The first-order valence-electron chi connectivity index (χ1n) is 9.74. The summed E-state index contributed by atoms with van der Waals surface area (Å²) >= 11 is 0. The lowest BCUT2D eigenvalue weighted by molar-refractivity contribution is 0.370. The van der Waals surface area contributed by atoms with E-state index in [0.29, 0.717) is 5.75 Å². The molecule has 0 aromatic heterocycles. The minimum absolute atomic E-state index is 0. The summed E-state index contributed by atoms with van der Waals surface area (Å²) in [6.45, 7) is 6.32. The number of guanidine groups is 1. The van der Waals surface area contributed by atoms with Crippen molar-refractivity contribution in [2.24, 2.45) is 4.99 Å². The molecule has 7 heteroatoms. The first-order valence-corrected chi connectivity index (χ1v) is 9.74. The minimum atomic E-state index is 0. The predicted molar refractivity (Wildman–Crippen MR) is 130 cm³/mol. The van der Waals surface area contributed by atoms with Crippen molar-refractivity contribution in [3.63, 3.8) is 0 Å². The highest BCUT2D eigenvalue weighted by Gasteiger charge is 2.21. The number of aliphatic imine (C=N–C) groups is 1. The molecule has 1 fully saturated rings. The Morgan fingerprint density at radius 2 is 1.86 bits per heavy atom. The molecule has 29 heavy (non-hydrogen) atoms. The van der Waals surface area contributed by atoms with Crippen LogP contribution in [0.2, 0.25) is 0 Å². The molecule has 0 unspecified atom stereocenters. The topological polar surface area (TPSA) is 60.3 Å². The van der Waals surface area contributed by atoms with E-state index < -0.39 is 0 Å². The molecule has 0 atom stereocenters. The summed E-state index contributed by atoms with van der Waals surface area (Å²) in [5, 5.41) is 13.5. The number of aryl methyl sites for hydroxylation is 1. The number of piperazine rings is 1. The molecule has 2 N–H and O–H groups in total. The molecule has 0 spiro atoms. The number of phenols is 1. The van der Waals surface area contributed by atoms with Crippen LogP contribution in [0.4, 0.5) is 5.69 Å². The van der Waals surface area contributed by atoms with Gasteiger partial charge < -0.3 is 25.0 Å². The summed E-state index contributed by atoms with van der Waals surface area (Å²) in [4.78, 5) is 8.93. The molecule has 1 aliphatic heterocycles. The van der Waals surface area contributed by atoms with Crippen LogP contribution in [0.3, 0.4) is 0 Å². The molecular formula is C22H31IN4O2. The number of nitrogens with zero attached hydrogens (tertiary/aromatic N) is 3. The van der Waals surface area contributed by atoms with Gasteiger partial charge in [0.05, 0.1) is 12.8 Å². The maximum Gasteiger partial charge on any atom is 0.193 e. The fourth-order valence-corrected chi connectivity index (χ4v) is 3.56. The van der Waals surface area contributed by atoms with Crippen LogP contribution in [-0.2, 0) is 6.42 Å². The average molecular weight is 510 g/mol. The number of phenolic OH excluding ortho intramolecular Hbond substituents is 1. The first-order chi connectivity index (χ1) is 13.6. The summed E-state index contributed by atoms with van der Waals surface area (Å²) in [5.74, 6) is 2.20. The van der Waals surface area contributed by atoms with Crippen molar-refractivity contribution in [2.75, 3.05) is 51.8 Å². The van der Waals surface area contributed by atoms with E-state index in [1.54, 1.807) is 13.2 Å². The monoisotopic (exact) mass is 510 g/mol. The SMILES string of the molecule is CN=C(NCCc1ccc(C)c(OC)c1)N1CCN(c2ccccc2O)CC1.I. The zero-order chi connectivity index (χ0) is 19.9. The molecular weight excluding hydrogens is 479 g/mol. The highest BCUT2D eigenvalue weighted by atomic mass is 127. The van der Waals surface area contributed by atoms with E-state index in [4.69, 9.17) is 4.74 Å². The molecule has 0 aliphatic carbocycles. The lowest BCUT2D eigenvalue weighted by Crippen LogP contribution is -2.52. The fraction of sp³-hybridized carbons (Fsp3) is 0.409. The number of aromatic hydroxyl groups is 1. The highest BCUT2D eigenvalue weighted by Crippen LogP contribution is 2.27. The van der Waals surface area contributed by atoms with E-state index in [-0.39, 0.29) is 24.0 Å². The third-order valence-corrected chi connectivity index (χ3v) is 5.18. The van der Waals surface area contributed by atoms with Crippen molar-refractivity contribution in [1.29, 1.82) is 0 Å². The van der Waals surface area contributed by atoms with E-state index in [1.165, 1.54) is 5.56 Å². The Morgan fingerprint density at radius 3 is 2.52 bits per heavy atom. The van der Waals surface area contributed by atoms with Crippen LogP contribution < -0.4 is 15.0 Å². The smallest absolute Gasteiger partial charge is 0.193 e. The van der Waals surface area contributed by atoms with Crippen LogP contribution >= 0.6 is 24.0 Å². The van der Waals surface area contributed by atoms with Gasteiger partial charge >= 0.3 is 0 Å². The number of nitrogens with one attached hydrogen (secondary N) is 1. The number of hydrogen-bond donors (Lipinski definition) is 2. The fourth-order valence-electron chi connectivity index (χ4n) is 3.56. The molecule has 2 aromatic rings. The van der Waals surface area contributed by atoms with Crippen LogP contribution in [0.25, 0.3) is 0 Å². The largest absolute Gasteiger partial charge is 0.506 e. The van der Waals surface area contributed by atoms with E-state index in [1.807, 2.05) is 25.2 Å². The molecule has 0 radical (unpaired) electrons. The number of ether oxygens (including phenoxy) is 1. The van der Waals surface area contributed by atoms with Gasteiger partial charge in [0.2, 0.25) is 0 Å². The third-order valence-electron chi connectivity index (χ3n) is 5.18. The van der Waals surface area contributed by atoms with Crippen molar-refractivity contribution < 1.29 is 9.84 Å². The molecule has 1 heterocycles. The lowest BCUT2D eigenvalue weighted by atomic mass is 10.1. The number of benzene rings is 2. The van der Waals surface area contributed by atoms with Gasteiger partial charge in [0.1, 0.15) is 11.5 Å². The van der Waals surface area contributed by atoms with Crippen LogP contribution in [0.5, 0.6) is 11.5 Å². The second-order valence-electron chi connectivity index (χ2n) is 6.99. The number of para-hydroxylation sites is 2. The Labute approximate surface area is 190 Å². The predicted octanol–water partition coefficient (Wildman–Crippen LogP) is 3.27. The van der Waals surface area contributed by atoms with Crippen molar-refractivity contribution in [1.82, 2.24) is 10.2 Å². The molecule has 1 saturated heterocycles. The van der Waals surface area contributed by atoms with Gasteiger partial charge in [-0.1, -0.05) is 24.3 Å². The zero-order valence-electron chi connectivity index (χ0n) is 17.4. The standard InChI is InChI=1S/C22H30N4O2.HI/c1-17-8-9-18(16-21(17)28-3)10-11-24-22(23-2)26-14-12-25(13-15-26)19-6-4-5-7-20(19)27;/h4-9,16,27H,10-15H2,1-3H3,(H,23,24);1H. The van der Waals surface area contributed by atoms with Crippen molar-refractivity contribution in [2.45, 2.75) is 13.3 Å². The van der Waals surface area contributed by atoms with E-state index >= 15 is 0 Å². The van der Waals surface area contributed by atoms with Crippen LogP contribution in [-0.4, -0.2) is 62.8 Å². The maximum atomic E-state index is 10.1. The van der Waals surface area contributed by atoms with E-state index in [0.717, 1.165) is 62.1 Å². The Hall–Kier alpha value is -2.16. The number of halogens is 1. The van der Waals surface area contributed by atoms with Gasteiger partial charge in [-0.2, -0.15) is 0 Å². The van der Waals surface area contributed by atoms with Crippen LogP contribution in [0.1, 0.15) is 11.1 Å². The van der Waals surface area contributed by atoms with Crippen LogP contribution in [0, 0.1) is 6.92 Å². The summed E-state index contributed by atoms with van der Waals surface area (Å²) in [6.07, 6.45) is 0.910. The van der Waals surface area contributed by atoms with Crippen LogP contribution in [0.15, 0.2) is 47.5 Å². The Balaban J connectivity index is 0.00000300. The number of anilines is 1. The summed E-state index contributed by atoms with van der Waals surface area (Å²) in [7, 11) is 3.54. The molecule has 3 rings (SSSR count). The second kappa shape index (κ2) is 11.1. The highest BCUT2D eigenvalue weighted by molar-refractivity contribution is 14.0. The molecule has 2 aromatic carbocycles. The average Bonchev–Trinajstić information content (AvgIpc) is 2.73. The Morgan fingerprint density at radius 1 is 1.14 bits per heavy atom. The van der Waals surface area contributed by atoms with Gasteiger partial charge in [-0.3, -0.25) is 4.99 Å². The van der Waals surface area contributed by atoms with Gasteiger partial charge in [-0.05, 0) is 42.7 Å². The molecule has 0 bridgehead atoms. The lowest BCUT2D eigenvalue weighted by Gasteiger charge is -2.37. The van der Waals surface area contributed by atoms with Crippen molar-refractivity contribution in [3.8, 4) is 11.5 Å². The Bertz CT molecular complexity index is 820.